The van der Waals surface area contributed by atoms with E-state index in [4.69, 9.17) is 9.47 Å². The van der Waals surface area contributed by atoms with Crippen LogP contribution in [0.1, 0.15) is 12.0 Å². The van der Waals surface area contributed by atoms with Gasteiger partial charge in [-0.05, 0) is 30.2 Å². The van der Waals surface area contributed by atoms with Gasteiger partial charge in [0.15, 0.2) is 0 Å². The molecule has 0 spiro atoms. The van der Waals surface area contributed by atoms with Crippen LogP contribution in [-0.2, 0) is 11.2 Å². The van der Waals surface area contributed by atoms with Crippen molar-refractivity contribution in [2.24, 2.45) is 0 Å². The number of carbonyl (C=O) groups excluding carboxylic acids is 1. The Labute approximate surface area is 124 Å². The molecule has 0 unspecified atom stereocenters. The van der Waals surface area contributed by atoms with Gasteiger partial charge in [0.05, 0.1) is 19.9 Å². The number of hydrogen-bond donors (Lipinski definition) is 1. The van der Waals surface area contributed by atoms with Crippen LogP contribution in [0.25, 0.3) is 0 Å². The Kier molecular flexibility index (Phi) is 5.21. The molecule has 0 aliphatic heterocycles. The Balaban J connectivity index is 1.96. The van der Waals surface area contributed by atoms with E-state index in [2.05, 4.69) is 5.32 Å². The molecule has 2 aromatic carbocycles. The molecule has 21 heavy (non-hydrogen) atoms. The maximum atomic E-state index is 12.0. The van der Waals surface area contributed by atoms with Crippen LogP contribution in [0.2, 0.25) is 0 Å². The summed E-state index contributed by atoms with van der Waals surface area (Å²) < 4.78 is 10.5. The first-order valence-electron chi connectivity index (χ1n) is 6.79. The Morgan fingerprint density at radius 3 is 2.29 bits per heavy atom. The van der Waals surface area contributed by atoms with E-state index in [1.807, 2.05) is 48.5 Å². The molecule has 2 rings (SSSR count). The van der Waals surface area contributed by atoms with E-state index in [-0.39, 0.29) is 5.91 Å². The van der Waals surface area contributed by atoms with Crippen LogP contribution in [0.4, 0.5) is 5.69 Å². The average Bonchev–Trinajstić information content (AvgIpc) is 2.53. The van der Waals surface area contributed by atoms with Crippen molar-refractivity contribution in [2.75, 3.05) is 19.5 Å². The van der Waals surface area contributed by atoms with E-state index in [9.17, 15) is 4.79 Å². The first-order valence-corrected chi connectivity index (χ1v) is 6.79. The van der Waals surface area contributed by atoms with Crippen LogP contribution >= 0.6 is 0 Å². The number of methoxy groups -OCH3 is 2. The number of para-hydroxylation sites is 3. The molecule has 0 atom stereocenters. The van der Waals surface area contributed by atoms with E-state index in [0.717, 1.165) is 11.3 Å². The summed E-state index contributed by atoms with van der Waals surface area (Å²) in [5, 5.41) is 2.86. The second-order valence-electron chi connectivity index (χ2n) is 4.56. The summed E-state index contributed by atoms with van der Waals surface area (Å²) in [6.45, 7) is 0. The zero-order chi connectivity index (χ0) is 15.1. The summed E-state index contributed by atoms with van der Waals surface area (Å²) in [4.78, 5) is 12.0. The van der Waals surface area contributed by atoms with Gasteiger partial charge >= 0.3 is 0 Å². The van der Waals surface area contributed by atoms with Gasteiger partial charge in [-0.25, -0.2) is 0 Å². The van der Waals surface area contributed by atoms with Crippen molar-refractivity contribution in [2.45, 2.75) is 12.8 Å². The third-order valence-electron chi connectivity index (χ3n) is 3.19. The number of rotatable bonds is 6. The maximum Gasteiger partial charge on any atom is 0.224 e. The number of anilines is 1. The number of amides is 1. The van der Waals surface area contributed by atoms with Crippen molar-refractivity contribution in [3.63, 3.8) is 0 Å². The van der Waals surface area contributed by atoms with Gasteiger partial charge in [-0.2, -0.15) is 0 Å². The lowest BCUT2D eigenvalue weighted by molar-refractivity contribution is -0.116. The van der Waals surface area contributed by atoms with Crippen molar-refractivity contribution in [3.8, 4) is 11.5 Å². The molecule has 0 saturated heterocycles. The topological polar surface area (TPSA) is 47.6 Å². The third kappa shape index (κ3) is 3.99. The van der Waals surface area contributed by atoms with Crippen LogP contribution in [0.5, 0.6) is 11.5 Å². The second-order valence-corrected chi connectivity index (χ2v) is 4.56. The monoisotopic (exact) mass is 285 g/mol. The van der Waals surface area contributed by atoms with Gasteiger partial charge in [0.25, 0.3) is 0 Å². The number of hydrogen-bond acceptors (Lipinski definition) is 3. The van der Waals surface area contributed by atoms with Gasteiger partial charge in [0, 0.05) is 6.42 Å². The minimum atomic E-state index is -0.0505. The Morgan fingerprint density at radius 1 is 0.952 bits per heavy atom. The molecule has 0 aromatic heterocycles. The Hall–Kier alpha value is -2.49. The molecule has 0 bridgehead atoms. The van der Waals surface area contributed by atoms with E-state index in [1.54, 1.807) is 14.2 Å². The van der Waals surface area contributed by atoms with Crippen LogP contribution < -0.4 is 14.8 Å². The van der Waals surface area contributed by atoms with Gasteiger partial charge in [0.2, 0.25) is 5.91 Å². The summed E-state index contributed by atoms with van der Waals surface area (Å²) in [7, 11) is 3.22. The fourth-order valence-corrected chi connectivity index (χ4v) is 2.12. The zero-order valence-electron chi connectivity index (χ0n) is 12.3. The quantitative estimate of drug-likeness (QED) is 0.886. The molecule has 0 aliphatic carbocycles. The first-order chi connectivity index (χ1) is 10.2. The first kappa shape index (κ1) is 14.9. The summed E-state index contributed by atoms with van der Waals surface area (Å²) in [6, 6.07) is 15.1. The molecule has 1 N–H and O–H groups in total. The summed E-state index contributed by atoms with van der Waals surface area (Å²) in [6.07, 6.45) is 1.02. The number of ether oxygens (including phenoxy) is 2. The van der Waals surface area contributed by atoms with Crippen LogP contribution in [0.3, 0.4) is 0 Å². The fourth-order valence-electron chi connectivity index (χ4n) is 2.12. The van der Waals surface area contributed by atoms with Gasteiger partial charge in [0.1, 0.15) is 11.5 Å². The number of aryl methyl sites for hydroxylation is 1. The Bertz CT molecular complexity index is 610. The third-order valence-corrected chi connectivity index (χ3v) is 3.19. The predicted molar refractivity (Wildman–Crippen MR) is 82.9 cm³/mol. The minimum Gasteiger partial charge on any atom is -0.496 e. The summed E-state index contributed by atoms with van der Waals surface area (Å²) >= 11 is 0. The van der Waals surface area contributed by atoms with Crippen molar-refractivity contribution in [1.29, 1.82) is 0 Å². The van der Waals surface area contributed by atoms with Crippen molar-refractivity contribution < 1.29 is 14.3 Å². The largest absolute Gasteiger partial charge is 0.496 e. The molecular formula is C17H19NO3. The molecule has 0 heterocycles. The zero-order valence-corrected chi connectivity index (χ0v) is 12.3. The number of nitrogens with one attached hydrogen (secondary N) is 1. The van der Waals surface area contributed by atoms with Crippen LogP contribution in [0, 0.1) is 0 Å². The number of benzene rings is 2. The smallest absolute Gasteiger partial charge is 0.224 e. The van der Waals surface area contributed by atoms with Crippen molar-refractivity contribution >= 4 is 11.6 Å². The molecule has 0 fully saturated rings. The summed E-state index contributed by atoms with van der Waals surface area (Å²) in [5.41, 5.74) is 1.71. The molecule has 1 amide bonds. The summed E-state index contributed by atoms with van der Waals surface area (Å²) in [5.74, 6) is 1.41. The highest BCUT2D eigenvalue weighted by Crippen LogP contribution is 2.24. The van der Waals surface area contributed by atoms with Crippen molar-refractivity contribution in [3.05, 3.63) is 54.1 Å². The SMILES string of the molecule is COc1ccccc1CCC(=O)Nc1ccccc1OC. The van der Waals surface area contributed by atoms with Crippen molar-refractivity contribution in [1.82, 2.24) is 0 Å². The predicted octanol–water partition coefficient (Wildman–Crippen LogP) is 3.28. The standard InChI is InChI=1S/C17H19NO3/c1-20-15-9-5-3-7-13(15)11-12-17(19)18-14-8-4-6-10-16(14)21-2/h3-10H,11-12H2,1-2H3,(H,18,19). The molecule has 0 saturated carbocycles. The average molecular weight is 285 g/mol. The van der Waals surface area contributed by atoms with Crippen LogP contribution in [0.15, 0.2) is 48.5 Å². The maximum absolute atomic E-state index is 12.0. The highest BCUT2D eigenvalue weighted by molar-refractivity contribution is 5.92. The minimum absolute atomic E-state index is 0.0505. The fraction of sp³-hybridized carbons (Fsp3) is 0.235. The van der Waals surface area contributed by atoms with Gasteiger partial charge < -0.3 is 14.8 Å². The highest BCUT2D eigenvalue weighted by Gasteiger charge is 2.09. The molecular weight excluding hydrogens is 266 g/mol. The Morgan fingerprint density at radius 2 is 1.57 bits per heavy atom. The van der Waals surface area contributed by atoms with E-state index in [0.29, 0.717) is 24.3 Å². The molecule has 0 aliphatic rings. The van der Waals surface area contributed by atoms with E-state index in [1.165, 1.54) is 0 Å². The van der Waals surface area contributed by atoms with Gasteiger partial charge in [-0.1, -0.05) is 30.3 Å². The van der Waals surface area contributed by atoms with E-state index >= 15 is 0 Å². The molecule has 2 aromatic rings. The normalized spacial score (nSPS) is 10.0. The molecule has 0 radical (unpaired) electrons. The lowest BCUT2D eigenvalue weighted by atomic mass is 10.1. The molecule has 110 valence electrons. The van der Waals surface area contributed by atoms with E-state index < -0.39 is 0 Å². The highest BCUT2D eigenvalue weighted by atomic mass is 16.5. The second kappa shape index (κ2) is 7.33. The number of carbonyl (C=O) groups is 1. The molecule has 4 heteroatoms. The lowest BCUT2D eigenvalue weighted by Crippen LogP contribution is -2.13. The van der Waals surface area contributed by atoms with Crippen LogP contribution in [-0.4, -0.2) is 20.1 Å². The van der Waals surface area contributed by atoms with Gasteiger partial charge in [-0.15, -0.1) is 0 Å². The molecule has 4 nitrogen and oxygen atoms in total. The lowest BCUT2D eigenvalue weighted by Gasteiger charge is -2.11. The van der Waals surface area contributed by atoms with Gasteiger partial charge in [-0.3, -0.25) is 4.79 Å².